The van der Waals surface area contributed by atoms with Crippen LogP contribution in [0.15, 0.2) is 83.9 Å². The number of amides is 3. The minimum Gasteiger partial charge on any atom is -0.322 e. The lowest BCUT2D eigenvalue weighted by Crippen LogP contribution is -2.42. The summed E-state index contributed by atoms with van der Waals surface area (Å²) in [7, 11) is 0. The number of anilines is 2. The van der Waals surface area contributed by atoms with Crippen LogP contribution in [-0.2, 0) is 4.79 Å². The average Bonchev–Trinajstić information content (AvgIpc) is 3.20. The van der Waals surface area contributed by atoms with Crippen LogP contribution >= 0.6 is 11.6 Å². The third kappa shape index (κ3) is 4.82. The van der Waals surface area contributed by atoms with Crippen LogP contribution in [0.4, 0.5) is 15.9 Å². The molecular formula is C26H18ClFN6O3. The largest absolute Gasteiger partial charge is 0.322 e. The number of aliphatic imine (C=N–C) groups is 1. The first-order valence-electron chi connectivity index (χ1n) is 11.1. The van der Waals surface area contributed by atoms with Crippen molar-refractivity contribution in [3.05, 3.63) is 112 Å². The van der Waals surface area contributed by atoms with Crippen molar-refractivity contribution in [1.29, 1.82) is 0 Å². The molecule has 0 saturated carbocycles. The molecule has 37 heavy (non-hydrogen) atoms. The summed E-state index contributed by atoms with van der Waals surface area (Å²) in [6.45, 7) is 0. The highest BCUT2D eigenvalue weighted by Gasteiger charge is 2.29. The molecule has 0 bridgehead atoms. The topological polar surface area (TPSA) is 128 Å². The lowest BCUT2D eigenvalue weighted by Gasteiger charge is -2.12. The Kier molecular flexibility index (Phi) is 6.48. The molecule has 1 aliphatic rings. The van der Waals surface area contributed by atoms with Crippen molar-refractivity contribution in [2.75, 3.05) is 10.6 Å². The normalized spacial score (nSPS) is 14.6. The molecule has 4 N–H and O–H groups in total. The molecule has 0 aliphatic carbocycles. The van der Waals surface area contributed by atoms with Gasteiger partial charge in [0, 0.05) is 11.1 Å². The summed E-state index contributed by atoms with van der Waals surface area (Å²) in [5.74, 6) is -3.91. The molecule has 1 aromatic heterocycles. The minimum atomic E-state index is -1.38. The highest BCUT2D eigenvalue weighted by Crippen LogP contribution is 2.24. The number of aromatic nitrogens is 2. The molecule has 0 fully saturated rings. The van der Waals surface area contributed by atoms with Crippen molar-refractivity contribution in [1.82, 2.24) is 15.5 Å². The molecule has 184 valence electrons. The van der Waals surface area contributed by atoms with Gasteiger partial charge in [-0.1, -0.05) is 72.3 Å². The first-order valence-corrected chi connectivity index (χ1v) is 11.4. The van der Waals surface area contributed by atoms with Crippen molar-refractivity contribution >= 4 is 46.5 Å². The Bertz CT molecular complexity index is 1550. The molecule has 4 aromatic rings. The van der Waals surface area contributed by atoms with Crippen LogP contribution in [-0.4, -0.2) is 39.8 Å². The number of aromatic amines is 1. The Labute approximate surface area is 214 Å². The number of benzodiazepines with no additional fused rings is 1. The van der Waals surface area contributed by atoms with Crippen molar-refractivity contribution in [3.8, 4) is 0 Å². The average molecular weight is 517 g/mol. The van der Waals surface area contributed by atoms with Gasteiger partial charge >= 0.3 is 0 Å². The number of rotatable bonds is 5. The van der Waals surface area contributed by atoms with E-state index < -0.39 is 41.2 Å². The quantitative estimate of drug-likeness (QED) is 0.319. The highest BCUT2D eigenvalue weighted by atomic mass is 35.5. The zero-order valence-electron chi connectivity index (χ0n) is 19.0. The number of nitrogens with one attached hydrogen (secondary N) is 4. The fourth-order valence-electron chi connectivity index (χ4n) is 3.76. The second kappa shape index (κ2) is 10.0. The van der Waals surface area contributed by atoms with E-state index in [2.05, 4.69) is 31.1 Å². The Morgan fingerprint density at radius 2 is 1.62 bits per heavy atom. The lowest BCUT2D eigenvalue weighted by molar-refractivity contribution is -0.117. The van der Waals surface area contributed by atoms with Crippen molar-refractivity contribution < 1.29 is 18.8 Å². The van der Waals surface area contributed by atoms with Gasteiger partial charge in [0.1, 0.15) is 0 Å². The number of halogens is 2. The molecule has 1 atom stereocenters. The predicted molar refractivity (Wildman–Crippen MR) is 136 cm³/mol. The summed E-state index contributed by atoms with van der Waals surface area (Å²) in [6, 6.07) is 22.5. The fraction of sp³-hybridized carbons (Fsp3) is 0.0385. The molecule has 1 unspecified atom stereocenters. The number of hydrogen-bond donors (Lipinski definition) is 4. The van der Waals surface area contributed by atoms with E-state index in [9.17, 15) is 14.4 Å². The Morgan fingerprint density at radius 3 is 2.41 bits per heavy atom. The van der Waals surface area contributed by atoms with Crippen molar-refractivity contribution in [3.63, 3.8) is 0 Å². The number of H-pyrrole nitrogens is 1. The zero-order valence-corrected chi connectivity index (χ0v) is 19.7. The lowest BCUT2D eigenvalue weighted by atomic mass is 10.0. The van der Waals surface area contributed by atoms with E-state index in [-0.39, 0.29) is 10.6 Å². The van der Waals surface area contributed by atoms with E-state index in [1.807, 2.05) is 30.3 Å². The van der Waals surface area contributed by atoms with Gasteiger partial charge in [-0.2, -0.15) is 5.10 Å². The number of fused-ring (bicyclic) bond motifs is 1. The maximum Gasteiger partial charge on any atom is 0.274 e. The molecule has 2 heterocycles. The standard InChI is InChI=1S/C26H18ClFN6O3/c27-17-12-6-4-10-15(17)24(35)31-22-19(28)21(33-34-22)25(36)32-23-26(37)29-18-13-7-5-11-16(18)20(30-23)14-8-2-1-3-9-14/h1-13,23H,(H,29,37)(H,32,36)(H2,31,33,34,35). The monoisotopic (exact) mass is 516 g/mol. The predicted octanol–water partition coefficient (Wildman–Crippen LogP) is 4.00. The van der Waals surface area contributed by atoms with E-state index in [0.29, 0.717) is 17.0 Å². The number of hydrogen-bond acceptors (Lipinski definition) is 5. The fourth-order valence-corrected chi connectivity index (χ4v) is 3.98. The molecule has 11 heteroatoms. The SMILES string of the molecule is O=C(Nc1n[nH]c(C(=O)NC2N=C(c3ccccc3)c3ccccc3NC2=O)c1F)c1ccccc1Cl. The molecule has 0 saturated heterocycles. The zero-order chi connectivity index (χ0) is 25.9. The summed E-state index contributed by atoms with van der Waals surface area (Å²) in [4.78, 5) is 42.8. The van der Waals surface area contributed by atoms with Gasteiger partial charge in [0.05, 0.1) is 22.0 Å². The Hall–Kier alpha value is -4.83. The molecule has 5 rings (SSSR count). The van der Waals surface area contributed by atoms with Gasteiger partial charge in [0.15, 0.2) is 17.3 Å². The Morgan fingerprint density at radius 1 is 0.919 bits per heavy atom. The van der Waals surface area contributed by atoms with Crippen LogP contribution in [0.25, 0.3) is 0 Å². The third-order valence-corrected chi connectivity index (χ3v) is 5.88. The first kappa shape index (κ1) is 23.9. The van der Waals surface area contributed by atoms with Crippen LogP contribution in [0.2, 0.25) is 5.02 Å². The van der Waals surface area contributed by atoms with Crippen molar-refractivity contribution in [2.45, 2.75) is 6.17 Å². The maximum absolute atomic E-state index is 15.0. The number of nitrogens with zero attached hydrogens (tertiary/aromatic N) is 2. The van der Waals surface area contributed by atoms with Crippen LogP contribution in [0.5, 0.6) is 0 Å². The molecule has 9 nitrogen and oxygen atoms in total. The van der Waals surface area contributed by atoms with E-state index in [1.165, 1.54) is 12.1 Å². The molecule has 3 aromatic carbocycles. The van der Waals surface area contributed by atoms with Gasteiger partial charge in [-0.05, 0) is 18.2 Å². The molecule has 0 spiro atoms. The summed E-state index contributed by atoms with van der Waals surface area (Å²) < 4.78 is 15.0. The highest BCUT2D eigenvalue weighted by molar-refractivity contribution is 6.34. The van der Waals surface area contributed by atoms with E-state index in [0.717, 1.165) is 5.56 Å². The summed E-state index contributed by atoms with van der Waals surface area (Å²) in [5.41, 5.74) is 1.90. The van der Waals surface area contributed by atoms with Gasteiger partial charge in [-0.15, -0.1) is 0 Å². The Balaban J connectivity index is 1.40. The first-order chi connectivity index (χ1) is 17.9. The third-order valence-electron chi connectivity index (χ3n) is 5.55. The summed E-state index contributed by atoms with van der Waals surface area (Å²) in [5, 5.41) is 13.6. The van der Waals surface area contributed by atoms with Gasteiger partial charge in [0.2, 0.25) is 6.17 Å². The summed E-state index contributed by atoms with van der Waals surface area (Å²) in [6.07, 6.45) is -1.38. The molecular weight excluding hydrogens is 499 g/mol. The molecule has 3 amide bonds. The van der Waals surface area contributed by atoms with Gasteiger partial charge in [-0.25, -0.2) is 9.38 Å². The molecule has 0 radical (unpaired) electrons. The van der Waals surface area contributed by atoms with Gasteiger partial charge < -0.3 is 16.0 Å². The van der Waals surface area contributed by atoms with Crippen LogP contribution < -0.4 is 16.0 Å². The smallest absolute Gasteiger partial charge is 0.274 e. The van der Waals surface area contributed by atoms with E-state index >= 15 is 4.39 Å². The van der Waals surface area contributed by atoms with Crippen LogP contribution in [0.3, 0.4) is 0 Å². The van der Waals surface area contributed by atoms with Gasteiger partial charge in [-0.3, -0.25) is 19.5 Å². The number of para-hydroxylation sites is 1. The second-order valence-corrected chi connectivity index (χ2v) is 8.36. The summed E-state index contributed by atoms with van der Waals surface area (Å²) >= 11 is 6.01. The van der Waals surface area contributed by atoms with E-state index in [4.69, 9.17) is 11.6 Å². The molecule has 1 aliphatic heterocycles. The maximum atomic E-state index is 15.0. The number of carbonyl (C=O) groups is 3. The number of carbonyl (C=O) groups excluding carboxylic acids is 3. The van der Waals surface area contributed by atoms with Crippen molar-refractivity contribution in [2.24, 2.45) is 4.99 Å². The van der Waals surface area contributed by atoms with Crippen LogP contribution in [0, 0.1) is 5.82 Å². The second-order valence-electron chi connectivity index (χ2n) is 7.95. The van der Waals surface area contributed by atoms with E-state index in [1.54, 1.807) is 36.4 Å². The van der Waals surface area contributed by atoms with Gasteiger partial charge in [0.25, 0.3) is 17.7 Å². The van der Waals surface area contributed by atoms with Crippen LogP contribution in [0.1, 0.15) is 32.0 Å². The minimum absolute atomic E-state index is 0.107. The number of benzene rings is 3.